The highest BCUT2D eigenvalue weighted by molar-refractivity contribution is 7.92. The van der Waals surface area contributed by atoms with Gasteiger partial charge in [-0.15, -0.1) is 0 Å². The van der Waals surface area contributed by atoms with Gasteiger partial charge in [0.25, 0.3) is 10.0 Å². The third-order valence-corrected chi connectivity index (χ3v) is 4.70. The fourth-order valence-electron chi connectivity index (χ4n) is 2.16. The van der Waals surface area contributed by atoms with Crippen molar-refractivity contribution in [2.45, 2.75) is 25.7 Å². The molecule has 0 bridgehead atoms. The number of ether oxygens (including phenoxy) is 1. The summed E-state index contributed by atoms with van der Waals surface area (Å²) < 4.78 is 33.1. The van der Waals surface area contributed by atoms with E-state index >= 15 is 0 Å². The Morgan fingerprint density at radius 1 is 1.00 bits per heavy atom. The molecule has 0 spiro atoms. The molecule has 0 aliphatic rings. The van der Waals surface area contributed by atoms with E-state index in [2.05, 4.69) is 4.72 Å². The van der Waals surface area contributed by atoms with Crippen LogP contribution in [-0.4, -0.2) is 15.5 Å². The fraction of sp³-hybridized carbons (Fsp3) is 0.250. The van der Waals surface area contributed by atoms with Crippen molar-refractivity contribution in [3.8, 4) is 5.75 Å². The van der Waals surface area contributed by atoms with Gasteiger partial charge < -0.3 is 4.74 Å². The first-order valence-corrected chi connectivity index (χ1v) is 8.07. The largest absolute Gasteiger partial charge is 0.495 e. The average Bonchev–Trinajstić information content (AvgIpc) is 2.43. The summed E-state index contributed by atoms with van der Waals surface area (Å²) in [6.07, 6.45) is 0. The standard InChI is InChI=1S/C16H19NO3S/c1-11-8-9-14(20-4)15(10-11)21(18,19)17-16-12(2)6-5-7-13(16)3/h5-10,17H,1-4H3. The van der Waals surface area contributed by atoms with Gasteiger partial charge in [0, 0.05) is 0 Å². The molecule has 2 aromatic carbocycles. The van der Waals surface area contributed by atoms with Crippen LogP contribution in [0.25, 0.3) is 0 Å². The Kier molecular flexibility index (Phi) is 4.23. The van der Waals surface area contributed by atoms with Crippen LogP contribution >= 0.6 is 0 Å². The molecule has 0 aromatic heterocycles. The summed E-state index contributed by atoms with van der Waals surface area (Å²) in [4.78, 5) is 0.146. The summed E-state index contributed by atoms with van der Waals surface area (Å²) in [7, 11) is -2.24. The Hall–Kier alpha value is -2.01. The van der Waals surface area contributed by atoms with E-state index < -0.39 is 10.0 Å². The van der Waals surface area contributed by atoms with Crippen LogP contribution in [0.3, 0.4) is 0 Å². The van der Waals surface area contributed by atoms with E-state index in [4.69, 9.17) is 4.74 Å². The summed E-state index contributed by atoms with van der Waals surface area (Å²) in [5, 5.41) is 0. The number of benzene rings is 2. The molecule has 1 N–H and O–H groups in total. The van der Waals surface area contributed by atoms with Crippen LogP contribution in [0.15, 0.2) is 41.3 Å². The monoisotopic (exact) mass is 305 g/mol. The highest BCUT2D eigenvalue weighted by atomic mass is 32.2. The molecule has 0 saturated heterocycles. The van der Waals surface area contributed by atoms with Crippen LogP contribution < -0.4 is 9.46 Å². The minimum Gasteiger partial charge on any atom is -0.495 e. The number of anilines is 1. The number of hydrogen-bond acceptors (Lipinski definition) is 3. The second kappa shape index (κ2) is 5.77. The van der Waals surface area contributed by atoms with Crippen LogP contribution in [0.1, 0.15) is 16.7 Å². The SMILES string of the molecule is COc1ccc(C)cc1S(=O)(=O)Nc1c(C)cccc1C. The van der Waals surface area contributed by atoms with Gasteiger partial charge in [0.2, 0.25) is 0 Å². The smallest absolute Gasteiger partial charge is 0.265 e. The molecule has 0 amide bonds. The number of methoxy groups -OCH3 is 1. The van der Waals surface area contributed by atoms with E-state index in [9.17, 15) is 8.42 Å². The molecule has 0 radical (unpaired) electrons. The molecule has 21 heavy (non-hydrogen) atoms. The zero-order valence-corrected chi connectivity index (χ0v) is 13.4. The minimum atomic E-state index is -3.70. The first-order valence-electron chi connectivity index (χ1n) is 6.59. The van der Waals surface area contributed by atoms with Crippen molar-refractivity contribution in [3.05, 3.63) is 53.1 Å². The number of sulfonamides is 1. The van der Waals surface area contributed by atoms with Crippen molar-refractivity contribution in [1.82, 2.24) is 0 Å². The number of rotatable bonds is 4. The lowest BCUT2D eigenvalue weighted by Gasteiger charge is -2.15. The summed E-state index contributed by atoms with van der Waals surface area (Å²) in [5.74, 6) is 0.333. The van der Waals surface area contributed by atoms with Gasteiger partial charge in [-0.05, 0) is 49.6 Å². The lowest BCUT2D eigenvalue weighted by atomic mass is 10.1. The third-order valence-electron chi connectivity index (χ3n) is 3.33. The van der Waals surface area contributed by atoms with Crippen molar-refractivity contribution >= 4 is 15.7 Å². The van der Waals surface area contributed by atoms with E-state index in [1.165, 1.54) is 7.11 Å². The third kappa shape index (κ3) is 3.19. The van der Waals surface area contributed by atoms with Gasteiger partial charge in [-0.1, -0.05) is 24.3 Å². The molecule has 0 unspecified atom stereocenters. The Labute approximate surface area is 125 Å². The van der Waals surface area contributed by atoms with Gasteiger partial charge in [0.15, 0.2) is 0 Å². The lowest BCUT2D eigenvalue weighted by molar-refractivity contribution is 0.402. The highest BCUT2D eigenvalue weighted by Gasteiger charge is 2.21. The highest BCUT2D eigenvalue weighted by Crippen LogP contribution is 2.29. The normalized spacial score (nSPS) is 11.2. The van der Waals surface area contributed by atoms with Crippen molar-refractivity contribution in [1.29, 1.82) is 0 Å². The molecule has 2 aromatic rings. The minimum absolute atomic E-state index is 0.146. The summed E-state index contributed by atoms with van der Waals surface area (Å²) in [6.45, 7) is 5.59. The van der Waals surface area contributed by atoms with Crippen molar-refractivity contribution < 1.29 is 13.2 Å². The first-order chi connectivity index (χ1) is 9.85. The maximum atomic E-state index is 12.6. The Morgan fingerprint density at radius 3 is 2.19 bits per heavy atom. The number of hydrogen-bond donors (Lipinski definition) is 1. The van der Waals surface area contributed by atoms with Crippen LogP contribution in [0.5, 0.6) is 5.75 Å². The topological polar surface area (TPSA) is 55.4 Å². The second-order valence-corrected chi connectivity index (χ2v) is 6.68. The van der Waals surface area contributed by atoms with Gasteiger partial charge in [0.1, 0.15) is 10.6 Å². The quantitative estimate of drug-likeness (QED) is 0.941. The van der Waals surface area contributed by atoms with Crippen molar-refractivity contribution in [2.24, 2.45) is 0 Å². The second-order valence-electron chi connectivity index (χ2n) is 5.03. The Bertz CT molecular complexity index is 747. The first kappa shape index (κ1) is 15.4. The van der Waals surface area contributed by atoms with Gasteiger partial charge in [-0.25, -0.2) is 8.42 Å². The summed E-state index contributed by atoms with van der Waals surface area (Å²) >= 11 is 0. The summed E-state index contributed by atoms with van der Waals surface area (Å²) in [5.41, 5.74) is 3.23. The molecule has 0 fully saturated rings. The fourth-order valence-corrected chi connectivity index (χ4v) is 3.62. The van der Waals surface area contributed by atoms with Crippen LogP contribution in [0.4, 0.5) is 5.69 Å². The van der Waals surface area contributed by atoms with E-state index in [-0.39, 0.29) is 4.90 Å². The number of aryl methyl sites for hydroxylation is 3. The molecule has 4 nitrogen and oxygen atoms in total. The van der Waals surface area contributed by atoms with Gasteiger partial charge in [0.05, 0.1) is 12.8 Å². The van der Waals surface area contributed by atoms with Gasteiger partial charge in [-0.2, -0.15) is 0 Å². The Morgan fingerprint density at radius 2 is 1.62 bits per heavy atom. The zero-order valence-electron chi connectivity index (χ0n) is 12.6. The average molecular weight is 305 g/mol. The van der Waals surface area contributed by atoms with E-state index in [1.54, 1.807) is 12.1 Å². The predicted octanol–water partition coefficient (Wildman–Crippen LogP) is 3.42. The van der Waals surface area contributed by atoms with Crippen LogP contribution in [0.2, 0.25) is 0 Å². The molecular weight excluding hydrogens is 286 g/mol. The van der Waals surface area contributed by atoms with E-state index in [0.29, 0.717) is 11.4 Å². The predicted molar refractivity (Wildman–Crippen MR) is 84.5 cm³/mol. The molecule has 5 heteroatoms. The molecular formula is C16H19NO3S. The molecule has 0 aliphatic heterocycles. The molecule has 0 saturated carbocycles. The maximum Gasteiger partial charge on any atom is 0.265 e. The number of nitrogens with one attached hydrogen (secondary N) is 1. The zero-order chi connectivity index (χ0) is 15.6. The molecule has 0 heterocycles. The molecule has 0 aliphatic carbocycles. The van der Waals surface area contributed by atoms with Crippen LogP contribution in [-0.2, 0) is 10.0 Å². The Balaban J connectivity index is 2.51. The number of para-hydroxylation sites is 1. The molecule has 112 valence electrons. The van der Waals surface area contributed by atoms with E-state index in [0.717, 1.165) is 16.7 Å². The van der Waals surface area contributed by atoms with Crippen molar-refractivity contribution in [3.63, 3.8) is 0 Å². The molecule has 2 rings (SSSR count). The van der Waals surface area contributed by atoms with Crippen molar-refractivity contribution in [2.75, 3.05) is 11.8 Å². The van der Waals surface area contributed by atoms with E-state index in [1.807, 2.05) is 45.0 Å². The van der Waals surface area contributed by atoms with Crippen LogP contribution in [0, 0.1) is 20.8 Å². The molecule has 0 atom stereocenters. The van der Waals surface area contributed by atoms with Gasteiger partial charge in [-0.3, -0.25) is 4.72 Å². The van der Waals surface area contributed by atoms with Gasteiger partial charge >= 0.3 is 0 Å². The maximum absolute atomic E-state index is 12.6. The lowest BCUT2D eigenvalue weighted by Crippen LogP contribution is -2.15. The summed E-state index contributed by atoms with van der Waals surface area (Å²) in [6, 6.07) is 10.7.